The summed E-state index contributed by atoms with van der Waals surface area (Å²) in [7, 11) is 0. The number of benzene rings is 2. The van der Waals surface area contributed by atoms with Crippen LogP contribution in [0.4, 0.5) is 8.78 Å². The molecule has 0 spiro atoms. The van der Waals surface area contributed by atoms with Gasteiger partial charge in [0.2, 0.25) is 0 Å². The first kappa shape index (κ1) is 10.4. The van der Waals surface area contributed by atoms with Gasteiger partial charge in [0.25, 0.3) is 5.25 Å². The number of hydrogen-bond acceptors (Lipinski definition) is 1. The van der Waals surface area contributed by atoms with Gasteiger partial charge in [-0.1, -0.05) is 42.5 Å². The van der Waals surface area contributed by atoms with Crippen molar-refractivity contribution in [3.05, 3.63) is 48.0 Å². The summed E-state index contributed by atoms with van der Waals surface area (Å²) in [6.45, 7) is 0. The van der Waals surface area contributed by atoms with Gasteiger partial charge in [0, 0.05) is 6.42 Å². The summed E-state index contributed by atoms with van der Waals surface area (Å²) in [6.07, 6.45) is -0.336. The molecule has 2 aromatic rings. The van der Waals surface area contributed by atoms with Gasteiger partial charge >= 0.3 is 0 Å². The van der Waals surface area contributed by atoms with E-state index in [0.29, 0.717) is 5.56 Å². The topological polar surface area (TPSA) is 0 Å². The molecule has 0 radical (unpaired) electrons. The Kier molecular flexibility index (Phi) is 2.65. The Hall–Kier alpha value is -1.09. The summed E-state index contributed by atoms with van der Waals surface area (Å²) in [4.78, 5) is 0. The van der Waals surface area contributed by atoms with Crippen molar-refractivity contribution < 1.29 is 8.78 Å². The van der Waals surface area contributed by atoms with Crippen molar-refractivity contribution in [1.82, 2.24) is 0 Å². The van der Waals surface area contributed by atoms with Crippen molar-refractivity contribution in [2.75, 3.05) is 0 Å². The van der Waals surface area contributed by atoms with E-state index in [4.69, 9.17) is 0 Å². The fraction of sp³-hybridized carbons (Fsp3) is 0.167. The van der Waals surface area contributed by atoms with Crippen LogP contribution in [0.1, 0.15) is 5.56 Å². The molecule has 0 N–H and O–H groups in total. The van der Waals surface area contributed by atoms with E-state index in [1.54, 1.807) is 12.1 Å². The molecule has 2 rings (SSSR count). The minimum atomic E-state index is -2.95. The number of alkyl halides is 2. The Bertz CT molecular complexity index is 469. The van der Waals surface area contributed by atoms with Gasteiger partial charge < -0.3 is 0 Å². The van der Waals surface area contributed by atoms with E-state index >= 15 is 0 Å². The highest BCUT2D eigenvalue weighted by molar-refractivity contribution is 7.81. The highest BCUT2D eigenvalue weighted by Gasteiger charge is 2.23. The third kappa shape index (κ3) is 2.48. The molecule has 3 heteroatoms. The maximum atomic E-state index is 12.8. The largest absolute Gasteiger partial charge is 0.295 e. The molecule has 0 aliphatic rings. The average molecular weight is 224 g/mol. The summed E-state index contributed by atoms with van der Waals surface area (Å²) >= 11 is 3.26. The predicted octanol–water partition coefficient (Wildman–Crippen LogP) is 3.90. The molecule has 78 valence electrons. The molecule has 0 bridgehead atoms. The molecule has 0 saturated heterocycles. The Morgan fingerprint density at radius 3 is 2.40 bits per heavy atom. The number of halogens is 2. The molecule has 0 heterocycles. The van der Waals surface area contributed by atoms with E-state index in [1.165, 1.54) is 0 Å². The first-order valence-electron chi connectivity index (χ1n) is 4.63. The summed E-state index contributed by atoms with van der Waals surface area (Å²) in [5, 5.41) is -1.11. The third-order valence-electron chi connectivity index (χ3n) is 2.28. The molecule has 2 aromatic carbocycles. The molecular formula is C12H10F2S. The third-order valence-corrected chi connectivity index (χ3v) is 2.44. The molecule has 0 aliphatic carbocycles. The molecule has 0 aliphatic heterocycles. The molecule has 0 atom stereocenters. The second kappa shape index (κ2) is 3.81. The molecule has 0 aromatic heterocycles. The monoisotopic (exact) mass is 224 g/mol. The van der Waals surface area contributed by atoms with Crippen molar-refractivity contribution in [2.45, 2.75) is 11.7 Å². The first-order valence-corrected chi connectivity index (χ1v) is 5.08. The van der Waals surface area contributed by atoms with E-state index < -0.39 is 5.25 Å². The first-order chi connectivity index (χ1) is 7.06. The van der Waals surface area contributed by atoms with Crippen LogP contribution < -0.4 is 0 Å². The summed E-state index contributed by atoms with van der Waals surface area (Å²) < 4.78 is 25.6. The predicted molar refractivity (Wildman–Crippen MR) is 61.6 cm³/mol. The average Bonchev–Trinajstić information content (AvgIpc) is 2.16. The lowest BCUT2D eigenvalue weighted by Crippen LogP contribution is -2.10. The molecule has 0 amide bonds. The zero-order valence-corrected chi connectivity index (χ0v) is 8.85. The van der Waals surface area contributed by atoms with Gasteiger partial charge in [-0.05, 0) is 16.3 Å². The van der Waals surface area contributed by atoms with Crippen molar-refractivity contribution in [1.29, 1.82) is 0 Å². The van der Waals surface area contributed by atoms with Crippen molar-refractivity contribution in [3.63, 3.8) is 0 Å². The second-order valence-electron chi connectivity index (χ2n) is 3.48. The van der Waals surface area contributed by atoms with Crippen LogP contribution in [0.15, 0.2) is 42.5 Å². The molecular weight excluding hydrogens is 214 g/mol. The fourth-order valence-corrected chi connectivity index (χ4v) is 1.85. The van der Waals surface area contributed by atoms with Crippen LogP contribution in [-0.2, 0) is 6.42 Å². The maximum Gasteiger partial charge on any atom is 0.295 e. The molecule has 0 nitrogen and oxygen atoms in total. The summed E-state index contributed by atoms with van der Waals surface area (Å²) in [5.41, 5.74) is 0.633. The Labute approximate surface area is 92.3 Å². The standard InChI is InChI=1S/C12H10F2S/c13-12(14,15)8-10-6-3-5-9-4-1-2-7-11(9)10/h1-7,15H,8H2. The highest BCUT2D eigenvalue weighted by atomic mass is 32.1. The van der Waals surface area contributed by atoms with Gasteiger partial charge in [0.05, 0.1) is 0 Å². The zero-order chi connectivity index (χ0) is 10.9. The van der Waals surface area contributed by atoms with Gasteiger partial charge in [0.15, 0.2) is 0 Å². The quantitative estimate of drug-likeness (QED) is 0.735. The van der Waals surface area contributed by atoms with Crippen LogP contribution in [-0.4, -0.2) is 5.25 Å². The minimum absolute atomic E-state index is 0.336. The molecule has 0 unspecified atom stereocenters. The lowest BCUT2D eigenvalue weighted by atomic mass is 10.0. The number of rotatable bonds is 2. The molecule has 15 heavy (non-hydrogen) atoms. The van der Waals surface area contributed by atoms with Crippen LogP contribution in [0, 0.1) is 0 Å². The van der Waals surface area contributed by atoms with Gasteiger partial charge in [-0.25, -0.2) is 0 Å². The number of hydrogen-bond donors (Lipinski definition) is 1. The zero-order valence-electron chi connectivity index (χ0n) is 7.95. The molecule has 0 fully saturated rings. The van der Waals surface area contributed by atoms with E-state index in [-0.39, 0.29) is 6.42 Å². The maximum absolute atomic E-state index is 12.8. The Balaban J connectivity index is 2.52. The van der Waals surface area contributed by atoms with Crippen LogP contribution >= 0.6 is 12.6 Å². The van der Waals surface area contributed by atoms with Crippen LogP contribution in [0.5, 0.6) is 0 Å². The van der Waals surface area contributed by atoms with Crippen LogP contribution in [0.2, 0.25) is 0 Å². The fourth-order valence-electron chi connectivity index (χ4n) is 1.68. The van der Waals surface area contributed by atoms with E-state index in [0.717, 1.165) is 10.8 Å². The second-order valence-corrected chi connectivity index (χ2v) is 4.14. The SMILES string of the molecule is FC(F)(S)Cc1cccc2ccccc12. The summed E-state index contributed by atoms with van der Waals surface area (Å²) in [5.74, 6) is 0. The number of fused-ring (bicyclic) bond motifs is 1. The smallest absolute Gasteiger partial charge is 0.194 e. The molecule has 0 saturated carbocycles. The van der Waals surface area contributed by atoms with E-state index in [1.807, 2.05) is 30.3 Å². The van der Waals surface area contributed by atoms with Crippen LogP contribution in [0.3, 0.4) is 0 Å². The van der Waals surface area contributed by atoms with Gasteiger partial charge in [-0.15, -0.1) is 12.6 Å². The number of thiol groups is 1. The van der Waals surface area contributed by atoms with Crippen LogP contribution in [0.25, 0.3) is 10.8 Å². The van der Waals surface area contributed by atoms with Gasteiger partial charge in [0.1, 0.15) is 0 Å². The van der Waals surface area contributed by atoms with E-state index in [2.05, 4.69) is 12.6 Å². The Morgan fingerprint density at radius 1 is 1.00 bits per heavy atom. The lowest BCUT2D eigenvalue weighted by molar-refractivity contribution is 0.110. The Morgan fingerprint density at radius 2 is 1.67 bits per heavy atom. The van der Waals surface area contributed by atoms with Gasteiger partial charge in [-0.3, -0.25) is 0 Å². The van der Waals surface area contributed by atoms with E-state index in [9.17, 15) is 8.78 Å². The summed E-state index contributed by atoms with van der Waals surface area (Å²) in [6, 6.07) is 12.9. The van der Waals surface area contributed by atoms with Crippen molar-refractivity contribution >= 4 is 23.4 Å². The van der Waals surface area contributed by atoms with Crippen molar-refractivity contribution in [3.8, 4) is 0 Å². The minimum Gasteiger partial charge on any atom is -0.194 e. The van der Waals surface area contributed by atoms with Crippen molar-refractivity contribution in [2.24, 2.45) is 0 Å². The highest BCUT2D eigenvalue weighted by Crippen LogP contribution is 2.28. The lowest BCUT2D eigenvalue weighted by Gasteiger charge is -2.11. The normalized spacial score (nSPS) is 11.9. The van der Waals surface area contributed by atoms with Gasteiger partial charge in [-0.2, -0.15) is 8.78 Å².